The molecule has 0 radical (unpaired) electrons. The van der Waals surface area contributed by atoms with Crippen LogP contribution in [0, 0.1) is 11.7 Å². The fourth-order valence-corrected chi connectivity index (χ4v) is 7.74. The molecule has 9 nitrogen and oxygen atoms in total. The number of phenolic OH excluding ortho intramolecular Hbond substituents is 1. The highest BCUT2D eigenvalue weighted by atomic mass is 19.1. The average Bonchev–Trinajstić information content (AvgIpc) is 3.65. The van der Waals surface area contributed by atoms with Crippen molar-refractivity contribution >= 4 is 28.2 Å². The van der Waals surface area contributed by atoms with E-state index in [0.29, 0.717) is 71.6 Å². The molecular formula is C32H37F2N5O4. The van der Waals surface area contributed by atoms with E-state index < -0.39 is 6.17 Å². The van der Waals surface area contributed by atoms with E-state index in [1.165, 1.54) is 17.0 Å². The zero-order chi connectivity index (χ0) is 29.9. The summed E-state index contributed by atoms with van der Waals surface area (Å²) in [4.78, 5) is 29.4. The molecule has 4 aliphatic heterocycles. The minimum Gasteiger partial charge on any atom is -0.508 e. The van der Waals surface area contributed by atoms with Gasteiger partial charge in [-0.1, -0.05) is 13.0 Å². The predicted octanol–water partition coefficient (Wildman–Crippen LogP) is 4.36. The molecule has 1 aromatic heterocycles. The van der Waals surface area contributed by atoms with E-state index in [0.717, 1.165) is 32.2 Å². The van der Waals surface area contributed by atoms with E-state index in [1.807, 2.05) is 11.8 Å². The van der Waals surface area contributed by atoms with E-state index in [-0.39, 0.29) is 54.7 Å². The third-order valence-corrected chi connectivity index (χ3v) is 9.80. The van der Waals surface area contributed by atoms with Crippen LogP contribution >= 0.6 is 0 Å². The quantitative estimate of drug-likeness (QED) is 0.417. The lowest BCUT2D eigenvalue weighted by molar-refractivity contribution is 0.0995. The molecule has 4 aliphatic rings. The Hall–Kier alpha value is -3.57. The molecule has 3 fully saturated rings. The smallest absolute Gasteiger partial charge is 0.318 e. The number of rotatable bonds is 7. The van der Waals surface area contributed by atoms with Crippen LogP contribution in [0.15, 0.2) is 24.3 Å². The van der Waals surface area contributed by atoms with Gasteiger partial charge in [0.25, 0.3) is 5.91 Å². The summed E-state index contributed by atoms with van der Waals surface area (Å²) in [6.45, 7) is 4.71. The highest BCUT2D eigenvalue weighted by Crippen LogP contribution is 2.43. The van der Waals surface area contributed by atoms with Gasteiger partial charge < -0.3 is 24.7 Å². The fourth-order valence-electron chi connectivity index (χ4n) is 7.74. The fraction of sp³-hybridized carbons (Fsp3) is 0.531. The van der Waals surface area contributed by atoms with Gasteiger partial charge in [0.05, 0.1) is 23.5 Å². The molecule has 5 heterocycles. The number of carbonyl (C=O) groups is 1. The maximum atomic E-state index is 14.9. The Balaban J connectivity index is 1.29. The number of aromatic hydroxyl groups is 1. The Kier molecular flexibility index (Phi) is 7.12. The third-order valence-electron chi connectivity index (χ3n) is 9.80. The Morgan fingerprint density at radius 3 is 2.84 bits per heavy atom. The first-order valence-electron chi connectivity index (χ1n) is 15.3. The minimum absolute atomic E-state index is 0.0276. The molecule has 7 rings (SSSR count). The maximum absolute atomic E-state index is 14.9. The molecule has 11 heteroatoms. The van der Waals surface area contributed by atoms with Crippen LogP contribution < -0.4 is 14.5 Å². The normalized spacial score (nSPS) is 25.5. The second-order valence-corrected chi connectivity index (χ2v) is 12.5. The topological polar surface area (TPSA) is 102 Å². The van der Waals surface area contributed by atoms with Crippen molar-refractivity contribution in [1.29, 1.82) is 0 Å². The zero-order valence-corrected chi connectivity index (χ0v) is 24.4. The number of hydrogen-bond acceptors (Lipinski definition) is 8. The van der Waals surface area contributed by atoms with Crippen molar-refractivity contribution in [1.82, 2.24) is 14.9 Å². The number of aromatic nitrogens is 2. The average molecular weight is 594 g/mol. The van der Waals surface area contributed by atoms with Crippen LogP contribution in [0.1, 0.15) is 60.6 Å². The molecule has 0 saturated carbocycles. The van der Waals surface area contributed by atoms with Gasteiger partial charge in [0, 0.05) is 44.1 Å². The van der Waals surface area contributed by atoms with Crippen LogP contribution in [0.25, 0.3) is 10.8 Å². The Bertz CT molecular complexity index is 1590. The number of ether oxygens (including phenoxy) is 1. The summed E-state index contributed by atoms with van der Waals surface area (Å²) in [5, 5.41) is 21.7. The van der Waals surface area contributed by atoms with Crippen molar-refractivity contribution in [2.75, 3.05) is 49.2 Å². The summed E-state index contributed by atoms with van der Waals surface area (Å²) in [5.41, 5.74) is 1.34. The van der Waals surface area contributed by atoms with Crippen molar-refractivity contribution < 1.29 is 28.5 Å². The minimum atomic E-state index is -0.884. The predicted molar refractivity (Wildman–Crippen MR) is 158 cm³/mol. The number of alkyl halides is 1. The van der Waals surface area contributed by atoms with Gasteiger partial charge in [0.2, 0.25) is 0 Å². The largest absolute Gasteiger partial charge is 0.508 e. The number of hydrogen-bond donors (Lipinski definition) is 2. The molecule has 1 amide bonds. The second kappa shape index (κ2) is 10.9. The van der Waals surface area contributed by atoms with Gasteiger partial charge in [-0.2, -0.15) is 9.97 Å². The van der Waals surface area contributed by atoms with Crippen molar-refractivity contribution in [3.63, 3.8) is 0 Å². The Morgan fingerprint density at radius 2 is 2.02 bits per heavy atom. The van der Waals surface area contributed by atoms with Gasteiger partial charge in [-0.05, 0) is 67.6 Å². The maximum Gasteiger partial charge on any atom is 0.318 e. The van der Waals surface area contributed by atoms with E-state index in [9.17, 15) is 23.8 Å². The Labute approximate surface area is 249 Å². The summed E-state index contributed by atoms with van der Waals surface area (Å²) in [6.07, 6.45) is 3.51. The summed E-state index contributed by atoms with van der Waals surface area (Å²) >= 11 is 0. The molecule has 3 saturated heterocycles. The van der Waals surface area contributed by atoms with Gasteiger partial charge in [-0.3, -0.25) is 9.69 Å². The lowest BCUT2D eigenvalue weighted by atomic mass is 9.95. The number of piperidine rings is 1. The highest BCUT2D eigenvalue weighted by molar-refractivity contribution is 6.16. The molecule has 2 aromatic carbocycles. The number of halogens is 2. The third kappa shape index (κ3) is 4.77. The number of fused-ring (bicyclic) bond motifs is 3. The first-order chi connectivity index (χ1) is 20.8. The molecule has 3 unspecified atom stereocenters. The van der Waals surface area contributed by atoms with Crippen LogP contribution in [0.4, 0.5) is 20.3 Å². The summed E-state index contributed by atoms with van der Waals surface area (Å²) in [5.74, 6) is -0.231. The standard InChI is InChI=1S/C32H37F2N5O4/c1-2-23-24(34)7-6-20-11-22(41)12-26(27(20)23)39-16-25-28(30(39)42)29(37-9-3-5-19(14-37)17-40)36-31(35-25)43-18-32-8-4-10-38(32)15-21(33)13-32/h6-7,11-12,19,21,40-41H,2-5,8-10,13-18H2,1H3. The number of aryl methyl sites for hydroxylation is 1. The van der Waals surface area contributed by atoms with Crippen LogP contribution in [0.2, 0.25) is 0 Å². The van der Waals surface area contributed by atoms with E-state index in [1.54, 1.807) is 12.1 Å². The number of carbonyl (C=O) groups excluding carboxylic acids is 1. The molecule has 228 valence electrons. The molecule has 2 N–H and O–H groups in total. The van der Waals surface area contributed by atoms with E-state index >= 15 is 0 Å². The van der Waals surface area contributed by atoms with Gasteiger partial charge in [-0.15, -0.1) is 0 Å². The van der Waals surface area contributed by atoms with Crippen molar-refractivity contribution in [3.8, 4) is 11.8 Å². The molecule has 3 aromatic rings. The molecule has 3 atom stereocenters. The lowest BCUT2D eigenvalue weighted by Gasteiger charge is -2.34. The molecule has 0 spiro atoms. The number of benzene rings is 2. The monoisotopic (exact) mass is 593 g/mol. The Morgan fingerprint density at radius 1 is 1.16 bits per heavy atom. The second-order valence-electron chi connectivity index (χ2n) is 12.5. The SMILES string of the molecule is CCc1c(F)ccc2cc(O)cc(N3Cc4nc(OCC56CCCN5CC(F)C6)nc(N5CCCC(CO)C5)c4C3=O)c12. The molecular weight excluding hydrogens is 556 g/mol. The summed E-state index contributed by atoms with van der Waals surface area (Å²) in [7, 11) is 0. The number of nitrogens with zero attached hydrogens (tertiary/aromatic N) is 5. The van der Waals surface area contributed by atoms with E-state index in [4.69, 9.17) is 14.7 Å². The van der Waals surface area contributed by atoms with Crippen LogP contribution in [-0.4, -0.2) is 82.1 Å². The summed E-state index contributed by atoms with van der Waals surface area (Å²) < 4.78 is 35.6. The lowest BCUT2D eigenvalue weighted by Crippen LogP contribution is -2.43. The number of anilines is 2. The van der Waals surface area contributed by atoms with Crippen molar-refractivity contribution in [2.24, 2.45) is 5.92 Å². The van der Waals surface area contributed by atoms with Crippen molar-refractivity contribution in [3.05, 3.63) is 46.9 Å². The van der Waals surface area contributed by atoms with Crippen LogP contribution in [0.5, 0.6) is 11.8 Å². The van der Waals surface area contributed by atoms with E-state index in [2.05, 4.69) is 4.90 Å². The van der Waals surface area contributed by atoms with Crippen molar-refractivity contribution in [2.45, 2.75) is 63.7 Å². The molecule has 0 aliphatic carbocycles. The number of aliphatic hydroxyl groups is 1. The first-order valence-corrected chi connectivity index (χ1v) is 15.3. The molecule has 0 bridgehead atoms. The molecule has 43 heavy (non-hydrogen) atoms. The van der Waals surface area contributed by atoms with Gasteiger partial charge in [-0.25, -0.2) is 8.78 Å². The number of phenols is 1. The zero-order valence-electron chi connectivity index (χ0n) is 24.4. The van der Waals surface area contributed by atoms with Crippen LogP contribution in [0.3, 0.4) is 0 Å². The van der Waals surface area contributed by atoms with Gasteiger partial charge in [0.15, 0.2) is 0 Å². The first kappa shape index (κ1) is 28.2. The number of aliphatic hydroxyl groups excluding tert-OH is 1. The number of amides is 1. The van der Waals surface area contributed by atoms with Gasteiger partial charge in [0.1, 0.15) is 35.7 Å². The van der Waals surface area contributed by atoms with Crippen LogP contribution in [-0.2, 0) is 13.0 Å². The highest BCUT2D eigenvalue weighted by Gasteiger charge is 2.49. The van der Waals surface area contributed by atoms with Gasteiger partial charge >= 0.3 is 6.01 Å². The summed E-state index contributed by atoms with van der Waals surface area (Å²) in [6, 6.07) is 6.20.